The summed E-state index contributed by atoms with van der Waals surface area (Å²) in [5.74, 6) is -0.164. The Morgan fingerprint density at radius 2 is 1.84 bits per heavy atom. The van der Waals surface area contributed by atoms with E-state index < -0.39 is 5.60 Å². The van der Waals surface area contributed by atoms with Crippen molar-refractivity contribution in [3.8, 4) is 0 Å². The Morgan fingerprint density at radius 1 is 1.16 bits per heavy atom. The second kappa shape index (κ2) is 3.83. The van der Waals surface area contributed by atoms with Gasteiger partial charge in [-0.25, -0.2) is 4.79 Å². The minimum atomic E-state index is -0.812. The maximum absolute atomic E-state index is 12.6. The zero-order chi connectivity index (χ0) is 12.9. The van der Waals surface area contributed by atoms with Crippen LogP contribution in [-0.4, -0.2) is 17.7 Å². The van der Waals surface area contributed by atoms with Crippen LogP contribution in [0.15, 0.2) is 30.3 Å². The number of carbonyl (C=O) groups is 1. The van der Waals surface area contributed by atoms with Gasteiger partial charge in [-0.05, 0) is 31.2 Å². The average Bonchev–Trinajstić information content (AvgIpc) is 3.29. The first-order valence-electron chi connectivity index (χ1n) is 7.24. The number of epoxide rings is 1. The van der Waals surface area contributed by atoms with Crippen molar-refractivity contribution in [1.82, 2.24) is 0 Å². The van der Waals surface area contributed by atoms with Gasteiger partial charge in [0, 0.05) is 0 Å². The van der Waals surface area contributed by atoms with Gasteiger partial charge in [-0.1, -0.05) is 43.2 Å². The summed E-state index contributed by atoms with van der Waals surface area (Å²) in [5, 5.41) is 0. The Labute approximate surface area is 112 Å². The molecule has 1 heterocycles. The highest BCUT2D eigenvalue weighted by atomic mass is 16.7. The maximum Gasteiger partial charge on any atom is 0.346 e. The molecular formula is C16H18O3. The summed E-state index contributed by atoms with van der Waals surface area (Å²) in [6, 6.07) is 9.87. The lowest BCUT2D eigenvalue weighted by Gasteiger charge is -2.16. The van der Waals surface area contributed by atoms with Gasteiger partial charge >= 0.3 is 5.97 Å². The van der Waals surface area contributed by atoms with E-state index in [2.05, 4.69) is 0 Å². The molecule has 0 amide bonds. The topological polar surface area (TPSA) is 38.8 Å². The van der Waals surface area contributed by atoms with Crippen molar-refractivity contribution in [2.75, 3.05) is 0 Å². The number of rotatable bonds is 3. The van der Waals surface area contributed by atoms with E-state index in [9.17, 15) is 4.79 Å². The molecule has 1 aromatic carbocycles. The van der Waals surface area contributed by atoms with Crippen LogP contribution in [0.4, 0.5) is 0 Å². The van der Waals surface area contributed by atoms with Crippen LogP contribution < -0.4 is 0 Å². The van der Waals surface area contributed by atoms with Gasteiger partial charge in [0.2, 0.25) is 5.60 Å². The Morgan fingerprint density at radius 3 is 2.47 bits per heavy atom. The monoisotopic (exact) mass is 258 g/mol. The smallest absolute Gasteiger partial charge is 0.346 e. The molecule has 1 spiro atoms. The zero-order valence-corrected chi connectivity index (χ0v) is 10.9. The standard InChI is InChI=1S/C16H18O3/c17-14(18-13-8-9-13)16(12-6-2-1-3-7-12)15(19-16)10-4-5-11-15/h1-3,6-7,13H,4-5,8-11H2. The van der Waals surface area contributed by atoms with Crippen LogP contribution in [0.3, 0.4) is 0 Å². The molecule has 4 rings (SSSR count). The quantitative estimate of drug-likeness (QED) is 0.618. The van der Waals surface area contributed by atoms with Crippen LogP contribution in [0.5, 0.6) is 0 Å². The lowest BCUT2D eigenvalue weighted by molar-refractivity contribution is -0.151. The Hall–Kier alpha value is -1.35. The minimum absolute atomic E-state index is 0.135. The Balaban J connectivity index is 1.70. The van der Waals surface area contributed by atoms with Crippen LogP contribution >= 0.6 is 0 Å². The van der Waals surface area contributed by atoms with Gasteiger partial charge in [0.15, 0.2) is 0 Å². The molecule has 2 aliphatic carbocycles. The molecule has 3 nitrogen and oxygen atoms in total. The molecule has 100 valence electrons. The van der Waals surface area contributed by atoms with Crippen LogP contribution in [0, 0.1) is 0 Å². The largest absolute Gasteiger partial charge is 0.460 e. The van der Waals surface area contributed by atoms with Crippen LogP contribution in [0.1, 0.15) is 44.1 Å². The number of esters is 1. The van der Waals surface area contributed by atoms with E-state index in [-0.39, 0.29) is 17.7 Å². The van der Waals surface area contributed by atoms with E-state index in [4.69, 9.17) is 9.47 Å². The third-order valence-electron chi connectivity index (χ3n) is 4.63. The van der Waals surface area contributed by atoms with Gasteiger partial charge in [-0.3, -0.25) is 0 Å². The summed E-state index contributed by atoms with van der Waals surface area (Å²) in [7, 11) is 0. The van der Waals surface area contributed by atoms with Gasteiger partial charge in [0.05, 0.1) is 0 Å². The lowest BCUT2D eigenvalue weighted by atomic mass is 9.85. The van der Waals surface area contributed by atoms with Crippen molar-refractivity contribution >= 4 is 5.97 Å². The van der Waals surface area contributed by atoms with Crippen molar-refractivity contribution in [3.63, 3.8) is 0 Å². The van der Waals surface area contributed by atoms with Crippen LogP contribution in [0.2, 0.25) is 0 Å². The van der Waals surface area contributed by atoms with Crippen LogP contribution in [-0.2, 0) is 19.9 Å². The average molecular weight is 258 g/mol. The first-order chi connectivity index (χ1) is 9.27. The van der Waals surface area contributed by atoms with Crippen molar-refractivity contribution in [2.24, 2.45) is 0 Å². The van der Waals surface area contributed by atoms with Gasteiger partial charge < -0.3 is 9.47 Å². The van der Waals surface area contributed by atoms with E-state index in [1.807, 2.05) is 30.3 Å². The zero-order valence-electron chi connectivity index (χ0n) is 10.9. The van der Waals surface area contributed by atoms with Gasteiger partial charge in [-0.15, -0.1) is 0 Å². The normalized spacial score (nSPS) is 31.4. The Bertz CT molecular complexity index is 500. The number of hydrogen-bond acceptors (Lipinski definition) is 3. The number of ether oxygens (including phenoxy) is 2. The molecule has 3 heteroatoms. The summed E-state index contributed by atoms with van der Waals surface area (Å²) in [4.78, 5) is 12.6. The SMILES string of the molecule is O=C(OC1CC1)C1(c2ccccc2)OC12CCCC2. The van der Waals surface area contributed by atoms with Crippen LogP contribution in [0.25, 0.3) is 0 Å². The van der Waals surface area contributed by atoms with Gasteiger partial charge in [0.1, 0.15) is 11.7 Å². The van der Waals surface area contributed by atoms with Crippen molar-refractivity contribution in [2.45, 2.75) is 55.8 Å². The van der Waals surface area contributed by atoms with E-state index in [1.54, 1.807) is 0 Å². The van der Waals surface area contributed by atoms with E-state index >= 15 is 0 Å². The molecular weight excluding hydrogens is 240 g/mol. The van der Waals surface area contributed by atoms with Crippen molar-refractivity contribution in [3.05, 3.63) is 35.9 Å². The molecule has 3 fully saturated rings. The highest BCUT2D eigenvalue weighted by molar-refractivity contribution is 5.87. The highest BCUT2D eigenvalue weighted by Crippen LogP contribution is 2.64. The minimum Gasteiger partial charge on any atom is -0.460 e. The fourth-order valence-corrected chi connectivity index (χ4v) is 3.43. The molecule has 1 aromatic rings. The predicted octanol–water partition coefficient (Wildman–Crippen LogP) is 2.93. The van der Waals surface area contributed by atoms with Gasteiger partial charge in [-0.2, -0.15) is 0 Å². The number of benzene rings is 1. The molecule has 0 bridgehead atoms. The third-order valence-corrected chi connectivity index (χ3v) is 4.63. The molecule has 1 unspecified atom stereocenters. The predicted molar refractivity (Wildman–Crippen MR) is 69.5 cm³/mol. The summed E-state index contributed by atoms with van der Waals surface area (Å²) in [6.07, 6.45) is 6.38. The maximum atomic E-state index is 12.6. The number of carbonyl (C=O) groups excluding carboxylic acids is 1. The third kappa shape index (κ3) is 1.57. The first-order valence-corrected chi connectivity index (χ1v) is 7.24. The first kappa shape index (κ1) is 11.5. The fraction of sp³-hybridized carbons (Fsp3) is 0.562. The Kier molecular flexibility index (Phi) is 2.31. The van der Waals surface area contributed by atoms with E-state index in [0.717, 1.165) is 44.1 Å². The molecule has 3 aliphatic rings. The molecule has 0 N–H and O–H groups in total. The van der Waals surface area contributed by atoms with Gasteiger partial charge in [0.25, 0.3) is 0 Å². The summed E-state index contributed by atoms with van der Waals surface area (Å²) in [6.45, 7) is 0. The second-order valence-corrected chi connectivity index (χ2v) is 5.96. The molecule has 19 heavy (non-hydrogen) atoms. The lowest BCUT2D eigenvalue weighted by Crippen LogP contribution is -2.32. The number of hydrogen-bond donors (Lipinski definition) is 0. The molecule has 1 atom stereocenters. The fourth-order valence-electron chi connectivity index (χ4n) is 3.43. The molecule has 1 aliphatic heterocycles. The summed E-state index contributed by atoms with van der Waals surface area (Å²) >= 11 is 0. The second-order valence-electron chi connectivity index (χ2n) is 5.96. The highest BCUT2D eigenvalue weighted by Gasteiger charge is 2.76. The van der Waals surface area contributed by atoms with E-state index in [0.29, 0.717) is 0 Å². The summed E-state index contributed by atoms with van der Waals surface area (Å²) < 4.78 is 11.6. The molecule has 0 aromatic heterocycles. The summed E-state index contributed by atoms with van der Waals surface area (Å²) in [5.41, 5.74) is -0.129. The molecule has 2 saturated carbocycles. The van der Waals surface area contributed by atoms with Crippen molar-refractivity contribution < 1.29 is 14.3 Å². The molecule has 0 radical (unpaired) electrons. The molecule has 1 saturated heterocycles. The van der Waals surface area contributed by atoms with Crippen molar-refractivity contribution in [1.29, 1.82) is 0 Å². The van der Waals surface area contributed by atoms with E-state index in [1.165, 1.54) is 0 Å².